The zero-order chi connectivity index (χ0) is 19.0. The first-order chi connectivity index (χ1) is 13.0. The predicted octanol–water partition coefficient (Wildman–Crippen LogP) is 6.15. The molecule has 0 aliphatic heterocycles. The van der Waals surface area contributed by atoms with Gasteiger partial charge in [0.05, 0.1) is 11.2 Å². The number of hydrogen-bond acceptors (Lipinski definition) is 3. The smallest absolute Gasteiger partial charge is 0.147 e. The Bertz CT molecular complexity index is 1190. The standard InChI is InChI=1S/C24H23N3/c1-15-11-17(3)24-22(12-15)16(2)13-23(25-24)27-26-18(4)20-10-9-19-7-5-6-8-21(19)14-20/h5-14H,1-4H3,(H,25,27). The highest BCUT2D eigenvalue weighted by Gasteiger charge is 2.06. The molecule has 0 spiro atoms. The van der Waals surface area contributed by atoms with Crippen molar-refractivity contribution in [3.05, 3.63) is 82.9 Å². The number of nitrogens with one attached hydrogen (secondary N) is 1. The topological polar surface area (TPSA) is 37.3 Å². The van der Waals surface area contributed by atoms with E-state index in [0.29, 0.717) is 0 Å². The van der Waals surface area contributed by atoms with E-state index in [2.05, 4.69) is 92.0 Å². The van der Waals surface area contributed by atoms with Crippen molar-refractivity contribution in [2.75, 3.05) is 5.43 Å². The summed E-state index contributed by atoms with van der Waals surface area (Å²) in [7, 11) is 0. The lowest BCUT2D eigenvalue weighted by Crippen LogP contribution is -2.02. The van der Waals surface area contributed by atoms with E-state index in [1.165, 1.54) is 32.8 Å². The molecule has 0 aliphatic carbocycles. The van der Waals surface area contributed by atoms with E-state index >= 15 is 0 Å². The number of rotatable bonds is 3. The van der Waals surface area contributed by atoms with Crippen LogP contribution in [0.5, 0.6) is 0 Å². The number of nitrogens with zero attached hydrogens (tertiary/aromatic N) is 2. The first kappa shape index (κ1) is 17.2. The van der Waals surface area contributed by atoms with Crippen LogP contribution in [0.1, 0.15) is 29.2 Å². The van der Waals surface area contributed by atoms with Gasteiger partial charge >= 0.3 is 0 Å². The third-order valence-electron chi connectivity index (χ3n) is 4.96. The summed E-state index contributed by atoms with van der Waals surface area (Å²) in [6.07, 6.45) is 0. The van der Waals surface area contributed by atoms with Crippen LogP contribution in [0.4, 0.5) is 5.82 Å². The van der Waals surface area contributed by atoms with Crippen molar-refractivity contribution in [2.24, 2.45) is 5.10 Å². The third-order valence-corrected chi connectivity index (χ3v) is 4.96. The molecule has 3 nitrogen and oxygen atoms in total. The van der Waals surface area contributed by atoms with Gasteiger partial charge in [-0.3, -0.25) is 5.43 Å². The van der Waals surface area contributed by atoms with Crippen molar-refractivity contribution in [3.63, 3.8) is 0 Å². The van der Waals surface area contributed by atoms with Crippen molar-refractivity contribution in [2.45, 2.75) is 27.7 Å². The van der Waals surface area contributed by atoms with Gasteiger partial charge in [-0.05, 0) is 73.4 Å². The number of pyridine rings is 1. The van der Waals surface area contributed by atoms with Crippen LogP contribution in [0.15, 0.2) is 65.8 Å². The number of benzene rings is 3. The molecule has 0 bridgehead atoms. The molecule has 3 aromatic carbocycles. The maximum absolute atomic E-state index is 4.77. The molecule has 0 radical (unpaired) electrons. The van der Waals surface area contributed by atoms with Crippen LogP contribution in [-0.4, -0.2) is 10.7 Å². The Kier molecular flexibility index (Phi) is 4.36. The highest BCUT2D eigenvalue weighted by atomic mass is 15.3. The predicted molar refractivity (Wildman–Crippen MR) is 116 cm³/mol. The molecule has 0 saturated carbocycles. The van der Waals surface area contributed by atoms with Gasteiger partial charge in [-0.15, -0.1) is 0 Å². The van der Waals surface area contributed by atoms with Crippen LogP contribution in [0.2, 0.25) is 0 Å². The summed E-state index contributed by atoms with van der Waals surface area (Å²) in [5, 5.41) is 8.23. The van der Waals surface area contributed by atoms with Gasteiger partial charge in [0.25, 0.3) is 0 Å². The van der Waals surface area contributed by atoms with E-state index in [4.69, 9.17) is 4.98 Å². The van der Waals surface area contributed by atoms with Crippen molar-refractivity contribution in [1.82, 2.24) is 4.98 Å². The van der Waals surface area contributed by atoms with Gasteiger partial charge in [0.1, 0.15) is 5.82 Å². The number of fused-ring (bicyclic) bond motifs is 2. The van der Waals surface area contributed by atoms with E-state index in [9.17, 15) is 0 Å². The van der Waals surface area contributed by atoms with Crippen molar-refractivity contribution in [1.29, 1.82) is 0 Å². The first-order valence-electron chi connectivity index (χ1n) is 9.19. The third kappa shape index (κ3) is 3.41. The summed E-state index contributed by atoms with van der Waals surface area (Å²) in [5.41, 5.74) is 9.85. The number of hydrogen-bond donors (Lipinski definition) is 1. The van der Waals surface area contributed by atoms with E-state index < -0.39 is 0 Å². The van der Waals surface area contributed by atoms with Gasteiger partial charge in [-0.25, -0.2) is 4.98 Å². The van der Waals surface area contributed by atoms with Gasteiger partial charge in [-0.1, -0.05) is 48.0 Å². The summed E-state index contributed by atoms with van der Waals surface area (Å²) in [4.78, 5) is 4.77. The zero-order valence-corrected chi connectivity index (χ0v) is 16.2. The van der Waals surface area contributed by atoms with E-state index in [1.807, 2.05) is 6.92 Å². The highest BCUT2D eigenvalue weighted by Crippen LogP contribution is 2.24. The molecule has 1 heterocycles. The number of hydrazone groups is 1. The van der Waals surface area contributed by atoms with Crippen LogP contribution in [0.25, 0.3) is 21.7 Å². The summed E-state index contributed by atoms with van der Waals surface area (Å²) < 4.78 is 0. The average Bonchev–Trinajstić information content (AvgIpc) is 2.66. The molecule has 0 atom stereocenters. The second-order valence-electron chi connectivity index (χ2n) is 7.17. The number of aryl methyl sites for hydroxylation is 3. The molecule has 1 aromatic heterocycles. The van der Waals surface area contributed by atoms with Crippen molar-refractivity contribution >= 4 is 33.2 Å². The minimum Gasteiger partial charge on any atom is -0.261 e. The molecular formula is C24H23N3. The fourth-order valence-corrected chi connectivity index (χ4v) is 3.52. The zero-order valence-electron chi connectivity index (χ0n) is 16.2. The minimum absolute atomic E-state index is 0.770. The number of anilines is 1. The minimum atomic E-state index is 0.770. The van der Waals surface area contributed by atoms with Crippen molar-refractivity contribution < 1.29 is 0 Å². The molecular weight excluding hydrogens is 330 g/mol. The second kappa shape index (κ2) is 6.84. The average molecular weight is 353 g/mol. The van der Waals surface area contributed by atoms with E-state index in [-0.39, 0.29) is 0 Å². The molecule has 3 heteroatoms. The summed E-state index contributed by atoms with van der Waals surface area (Å²) in [5.74, 6) is 0.770. The first-order valence-corrected chi connectivity index (χ1v) is 9.19. The monoisotopic (exact) mass is 353 g/mol. The summed E-state index contributed by atoms with van der Waals surface area (Å²) in [6, 6.07) is 21.2. The molecule has 1 N–H and O–H groups in total. The van der Waals surface area contributed by atoms with Crippen LogP contribution in [0.3, 0.4) is 0 Å². The van der Waals surface area contributed by atoms with Gasteiger partial charge < -0.3 is 0 Å². The number of aromatic nitrogens is 1. The Morgan fingerprint density at radius 3 is 2.44 bits per heavy atom. The molecule has 0 saturated heterocycles. The quantitative estimate of drug-likeness (QED) is 0.354. The highest BCUT2D eigenvalue weighted by molar-refractivity contribution is 6.02. The maximum Gasteiger partial charge on any atom is 0.147 e. The maximum atomic E-state index is 4.77. The SMILES string of the molecule is CC(=NNc1cc(C)c2cc(C)cc(C)c2n1)c1ccc2ccccc2c1. The molecule has 0 unspecified atom stereocenters. The lowest BCUT2D eigenvalue weighted by Gasteiger charge is -2.10. The van der Waals surface area contributed by atoms with Gasteiger partial charge in [0.2, 0.25) is 0 Å². The molecule has 4 aromatic rings. The largest absolute Gasteiger partial charge is 0.261 e. The molecule has 0 fully saturated rings. The van der Waals surface area contributed by atoms with Gasteiger partial charge in [-0.2, -0.15) is 5.10 Å². The van der Waals surface area contributed by atoms with Gasteiger partial charge in [0.15, 0.2) is 0 Å². The summed E-state index contributed by atoms with van der Waals surface area (Å²) >= 11 is 0. The summed E-state index contributed by atoms with van der Waals surface area (Å²) in [6.45, 7) is 8.36. The van der Waals surface area contributed by atoms with Crippen LogP contribution < -0.4 is 5.43 Å². The lowest BCUT2D eigenvalue weighted by molar-refractivity contribution is 1.23. The Morgan fingerprint density at radius 1 is 0.852 bits per heavy atom. The lowest BCUT2D eigenvalue weighted by atomic mass is 10.0. The molecule has 134 valence electrons. The Hall–Kier alpha value is -3.20. The fraction of sp³-hybridized carbons (Fsp3) is 0.167. The van der Waals surface area contributed by atoms with Crippen LogP contribution in [0, 0.1) is 20.8 Å². The van der Waals surface area contributed by atoms with Crippen molar-refractivity contribution in [3.8, 4) is 0 Å². The molecule has 0 aliphatic rings. The fourth-order valence-electron chi connectivity index (χ4n) is 3.52. The molecule has 4 rings (SSSR count). The molecule has 27 heavy (non-hydrogen) atoms. The Morgan fingerprint density at radius 2 is 1.63 bits per heavy atom. The van der Waals surface area contributed by atoms with E-state index in [1.54, 1.807) is 0 Å². The Balaban J connectivity index is 1.66. The molecule has 0 amide bonds. The van der Waals surface area contributed by atoms with E-state index in [0.717, 1.165) is 22.6 Å². The van der Waals surface area contributed by atoms with Gasteiger partial charge in [0, 0.05) is 5.39 Å². The Labute approximate surface area is 159 Å². The normalized spacial score (nSPS) is 11.9. The van der Waals surface area contributed by atoms with Crippen LogP contribution >= 0.6 is 0 Å². The van der Waals surface area contributed by atoms with Crippen LogP contribution in [-0.2, 0) is 0 Å². The second-order valence-corrected chi connectivity index (χ2v) is 7.17.